The third-order valence-corrected chi connectivity index (χ3v) is 4.31. The highest BCUT2D eigenvalue weighted by molar-refractivity contribution is 6.21. The summed E-state index contributed by atoms with van der Waals surface area (Å²) in [6, 6.07) is 15.5. The first-order valence-corrected chi connectivity index (χ1v) is 8.29. The van der Waals surface area contributed by atoms with Gasteiger partial charge in [0.05, 0.1) is 16.8 Å². The molecule has 0 unspecified atom stereocenters. The van der Waals surface area contributed by atoms with Crippen LogP contribution < -0.4 is 0 Å². The van der Waals surface area contributed by atoms with E-state index in [0.29, 0.717) is 10.8 Å². The largest absolute Gasteiger partial charge is 0.384 e. The second-order valence-electron chi connectivity index (χ2n) is 6.25. The predicted octanol–water partition coefficient (Wildman–Crippen LogP) is 2.86. The van der Waals surface area contributed by atoms with Crippen molar-refractivity contribution in [1.29, 1.82) is 0 Å². The van der Waals surface area contributed by atoms with Gasteiger partial charge < -0.3 is 4.84 Å². The molecule has 0 spiro atoms. The van der Waals surface area contributed by atoms with E-state index in [-0.39, 0.29) is 16.8 Å². The highest BCUT2D eigenvalue weighted by atomic mass is 16.7. The van der Waals surface area contributed by atoms with Crippen molar-refractivity contribution >= 4 is 17.8 Å². The summed E-state index contributed by atoms with van der Waals surface area (Å²) >= 11 is 0. The smallest absolute Gasteiger partial charge is 0.322 e. The summed E-state index contributed by atoms with van der Waals surface area (Å²) in [5.41, 5.74) is 3.03. The molecule has 134 valence electrons. The molecule has 0 atom stereocenters. The van der Waals surface area contributed by atoms with Crippen molar-refractivity contribution in [3.63, 3.8) is 0 Å². The van der Waals surface area contributed by atoms with E-state index < -0.39 is 17.8 Å². The van der Waals surface area contributed by atoms with Crippen molar-refractivity contribution in [2.75, 3.05) is 0 Å². The maximum Gasteiger partial charge on any atom is 0.384 e. The number of rotatable bonds is 3. The van der Waals surface area contributed by atoms with E-state index in [1.807, 2.05) is 31.2 Å². The Morgan fingerprint density at radius 2 is 1.52 bits per heavy atom. The predicted molar refractivity (Wildman–Crippen MR) is 95.4 cm³/mol. The number of aryl methyl sites for hydroxylation is 2. The zero-order valence-corrected chi connectivity index (χ0v) is 14.7. The van der Waals surface area contributed by atoms with E-state index in [0.717, 1.165) is 11.3 Å². The molecule has 0 radical (unpaired) electrons. The van der Waals surface area contributed by atoms with Crippen LogP contribution >= 0.6 is 0 Å². The number of benzene rings is 2. The zero-order chi connectivity index (χ0) is 19.1. The van der Waals surface area contributed by atoms with Gasteiger partial charge in [0.2, 0.25) is 0 Å². The molecular weight excluding hydrogens is 346 g/mol. The summed E-state index contributed by atoms with van der Waals surface area (Å²) in [5, 5.41) is 4.72. The van der Waals surface area contributed by atoms with E-state index in [4.69, 9.17) is 4.84 Å². The molecule has 7 heteroatoms. The van der Waals surface area contributed by atoms with Gasteiger partial charge in [-0.3, -0.25) is 9.59 Å². The molecule has 2 heterocycles. The molecule has 7 nitrogen and oxygen atoms in total. The Morgan fingerprint density at radius 3 is 2.11 bits per heavy atom. The van der Waals surface area contributed by atoms with Crippen LogP contribution in [0.5, 0.6) is 0 Å². The van der Waals surface area contributed by atoms with Gasteiger partial charge in [-0.2, -0.15) is 5.10 Å². The minimum atomic E-state index is -0.876. The van der Waals surface area contributed by atoms with Crippen LogP contribution in [0.3, 0.4) is 0 Å². The monoisotopic (exact) mass is 361 g/mol. The Hall–Kier alpha value is -3.74. The van der Waals surface area contributed by atoms with Crippen molar-refractivity contribution in [1.82, 2.24) is 14.8 Å². The minimum Gasteiger partial charge on any atom is -0.322 e. The highest BCUT2D eigenvalue weighted by Crippen LogP contribution is 2.23. The molecule has 0 saturated carbocycles. The first-order chi connectivity index (χ1) is 13.0. The number of fused-ring (bicyclic) bond motifs is 1. The molecule has 0 bridgehead atoms. The van der Waals surface area contributed by atoms with E-state index >= 15 is 0 Å². The molecule has 2 aromatic carbocycles. The second-order valence-corrected chi connectivity index (χ2v) is 6.25. The van der Waals surface area contributed by atoms with Crippen LogP contribution in [-0.2, 0) is 4.84 Å². The average molecular weight is 361 g/mol. The summed E-state index contributed by atoms with van der Waals surface area (Å²) in [4.78, 5) is 42.1. The summed E-state index contributed by atoms with van der Waals surface area (Å²) < 4.78 is 1.60. The van der Waals surface area contributed by atoms with E-state index in [1.165, 1.54) is 12.1 Å². The fraction of sp³-hybridized carbons (Fsp3) is 0.100. The van der Waals surface area contributed by atoms with Gasteiger partial charge in [0.15, 0.2) is 5.69 Å². The standard InChI is InChI=1S/C20H15N3O4/c1-12-7-9-14(10-8-12)22-13(2)11-17(21-22)20(26)27-23-18(24)15-5-3-4-6-16(15)19(23)25/h3-11H,1-2H3. The van der Waals surface area contributed by atoms with Crippen molar-refractivity contribution < 1.29 is 19.2 Å². The Labute approximate surface area is 154 Å². The van der Waals surface area contributed by atoms with Crippen LogP contribution in [0.1, 0.15) is 42.5 Å². The molecule has 27 heavy (non-hydrogen) atoms. The van der Waals surface area contributed by atoms with Gasteiger partial charge in [-0.05, 0) is 44.2 Å². The zero-order valence-electron chi connectivity index (χ0n) is 14.7. The first kappa shape index (κ1) is 16.7. The Balaban J connectivity index is 1.58. The lowest BCUT2D eigenvalue weighted by Gasteiger charge is -2.11. The quantitative estimate of drug-likeness (QED) is 0.670. The van der Waals surface area contributed by atoms with Crippen LogP contribution in [0.2, 0.25) is 0 Å². The van der Waals surface area contributed by atoms with Crippen LogP contribution in [0.15, 0.2) is 54.6 Å². The second kappa shape index (κ2) is 6.21. The van der Waals surface area contributed by atoms with Gasteiger partial charge in [0.25, 0.3) is 11.8 Å². The molecule has 1 aliphatic heterocycles. The summed E-state index contributed by atoms with van der Waals surface area (Å²) in [5.74, 6) is -2.21. The Bertz CT molecular complexity index is 1050. The van der Waals surface area contributed by atoms with Crippen molar-refractivity contribution in [2.45, 2.75) is 13.8 Å². The number of carbonyl (C=O) groups is 3. The summed E-state index contributed by atoms with van der Waals surface area (Å²) in [6.45, 7) is 3.77. The lowest BCUT2D eigenvalue weighted by Crippen LogP contribution is -2.32. The molecule has 0 saturated heterocycles. The van der Waals surface area contributed by atoms with Gasteiger partial charge in [0.1, 0.15) is 0 Å². The molecule has 1 aliphatic rings. The normalized spacial score (nSPS) is 13.0. The molecule has 4 rings (SSSR count). The van der Waals surface area contributed by atoms with Crippen molar-refractivity contribution in [3.05, 3.63) is 82.7 Å². The number of hydrogen-bond acceptors (Lipinski definition) is 5. The van der Waals surface area contributed by atoms with Crippen molar-refractivity contribution in [3.8, 4) is 5.69 Å². The molecular formula is C20H15N3O4. The number of hydrogen-bond donors (Lipinski definition) is 0. The topological polar surface area (TPSA) is 81.5 Å². The van der Waals surface area contributed by atoms with E-state index in [2.05, 4.69) is 5.10 Å². The minimum absolute atomic E-state index is 0.00429. The van der Waals surface area contributed by atoms with Crippen LogP contribution in [-0.4, -0.2) is 32.6 Å². The van der Waals surface area contributed by atoms with Gasteiger partial charge in [-0.25, -0.2) is 9.48 Å². The summed E-state index contributed by atoms with van der Waals surface area (Å²) in [7, 11) is 0. The summed E-state index contributed by atoms with van der Waals surface area (Å²) in [6.07, 6.45) is 0. The fourth-order valence-corrected chi connectivity index (χ4v) is 2.90. The van der Waals surface area contributed by atoms with E-state index in [1.54, 1.807) is 29.8 Å². The maximum absolute atomic E-state index is 12.4. The maximum atomic E-state index is 12.4. The van der Waals surface area contributed by atoms with Crippen molar-refractivity contribution in [2.24, 2.45) is 0 Å². The average Bonchev–Trinajstić information content (AvgIpc) is 3.17. The number of aromatic nitrogens is 2. The van der Waals surface area contributed by atoms with Crippen LogP contribution in [0.4, 0.5) is 0 Å². The number of hydroxylamine groups is 2. The number of amides is 2. The SMILES string of the molecule is Cc1ccc(-n2nc(C(=O)ON3C(=O)c4ccccc4C3=O)cc2C)cc1. The molecule has 3 aromatic rings. The van der Waals surface area contributed by atoms with Gasteiger partial charge in [-0.15, -0.1) is 0 Å². The number of carbonyl (C=O) groups excluding carboxylic acids is 3. The fourth-order valence-electron chi connectivity index (χ4n) is 2.90. The van der Waals surface area contributed by atoms with Crippen LogP contribution in [0.25, 0.3) is 5.69 Å². The molecule has 0 N–H and O–H groups in total. The lowest BCUT2D eigenvalue weighted by atomic mass is 10.1. The molecule has 1 aromatic heterocycles. The first-order valence-electron chi connectivity index (χ1n) is 8.29. The van der Waals surface area contributed by atoms with Crippen LogP contribution in [0, 0.1) is 13.8 Å². The van der Waals surface area contributed by atoms with Gasteiger partial charge >= 0.3 is 5.97 Å². The Kier molecular flexibility index (Phi) is 3.84. The third-order valence-electron chi connectivity index (χ3n) is 4.31. The molecule has 0 aliphatic carbocycles. The van der Waals surface area contributed by atoms with E-state index in [9.17, 15) is 14.4 Å². The Morgan fingerprint density at radius 1 is 0.926 bits per heavy atom. The number of imide groups is 1. The third kappa shape index (κ3) is 2.79. The molecule has 2 amide bonds. The molecule has 0 fully saturated rings. The lowest BCUT2D eigenvalue weighted by molar-refractivity contribution is -0.0588. The highest BCUT2D eigenvalue weighted by Gasteiger charge is 2.39. The number of nitrogens with zero attached hydrogens (tertiary/aromatic N) is 3. The van der Waals surface area contributed by atoms with Gasteiger partial charge in [0, 0.05) is 5.69 Å². The van der Waals surface area contributed by atoms with Gasteiger partial charge in [-0.1, -0.05) is 34.9 Å².